The summed E-state index contributed by atoms with van der Waals surface area (Å²) in [5, 5.41) is 3.39. The zero-order valence-electron chi connectivity index (χ0n) is 9.94. The average molecular weight is 235 g/mol. The molecule has 1 fully saturated rings. The molecule has 0 radical (unpaired) electrons. The fraction of sp³-hybridized carbons (Fsp3) is 0.636. The van der Waals surface area contributed by atoms with Gasteiger partial charge in [-0.2, -0.15) is 0 Å². The van der Waals surface area contributed by atoms with Crippen LogP contribution in [-0.4, -0.2) is 46.7 Å². The summed E-state index contributed by atoms with van der Waals surface area (Å²) < 4.78 is 0. The van der Waals surface area contributed by atoms with Crippen molar-refractivity contribution < 1.29 is 4.79 Å². The minimum absolute atomic E-state index is 0.0213. The van der Waals surface area contributed by atoms with E-state index >= 15 is 0 Å². The number of amides is 1. The first-order valence-electron chi connectivity index (χ1n) is 6.17. The Kier molecular flexibility index (Phi) is 2.51. The predicted molar refractivity (Wildman–Crippen MR) is 63.7 cm³/mol. The smallest absolute Gasteiger partial charge is 0.276 e. The summed E-state index contributed by atoms with van der Waals surface area (Å²) in [6.45, 7) is 4.80. The van der Waals surface area contributed by atoms with Crippen molar-refractivity contribution in [2.45, 2.75) is 26.1 Å². The van der Waals surface area contributed by atoms with Gasteiger partial charge in [0.05, 0.1) is 6.33 Å². The van der Waals surface area contributed by atoms with E-state index in [1.807, 2.05) is 4.90 Å². The number of hydrogen-bond donors (Lipinski definition) is 2. The molecule has 1 amide bonds. The lowest BCUT2D eigenvalue weighted by atomic mass is 10.2. The van der Waals surface area contributed by atoms with Gasteiger partial charge in [-0.05, 0) is 12.8 Å². The van der Waals surface area contributed by atoms with Crippen LogP contribution in [0.25, 0.3) is 0 Å². The molecule has 0 bridgehead atoms. The first-order valence-corrected chi connectivity index (χ1v) is 6.17. The molecule has 2 aliphatic heterocycles. The van der Waals surface area contributed by atoms with Crippen LogP contribution in [0.15, 0.2) is 6.33 Å². The highest BCUT2D eigenvalue weighted by atomic mass is 16.2. The van der Waals surface area contributed by atoms with Crippen molar-refractivity contribution >= 4 is 11.7 Å². The third kappa shape index (κ3) is 1.51. The molecule has 3 heterocycles. The van der Waals surface area contributed by atoms with Gasteiger partial charge < -0.3 is 14.8 Å². The molecule has 0 spiro atoms. The second-order valence-corrected chi connectivity index (χ2v) is 4.47. The molecule has 17 heavy (non-hydrogen) atoms. The van der Waals surface area contributed by atoms with Crippen LogP contribution in [0.3, 0.4) is 0 Å². The largest absolute Gasteiger partial charge is 0.339 e. The van der Waals surface area contributed by atoms with Gasteiger partial charge in [-0.25, -0.2) is 4.98 Å². The van der Waals surface area contributed by atoms with E-state index in [1.165, 1.54) is 0 Å². The highest BCUT2D eigenvalue weighted by molar-refractivity contribution is 5.99. The van der Waals surface area contributed by atoms with Crippen molar-refractivity contribution in [2.24, 2.45) is 0 Å². The Morgan fingerprint density at radius 1 is 1.59 bits per heavy atom. The van der Waals surface area contributed by atoms with Gasteiger partial charge in [0, 0.05) is 19.6 Å². The maximum absolute atomic E-state index is 12.2. The van der Waals surface area contributed by atoms with Gasteiger partial charge in [-0.1, -0.05) is 6.92 Å². The Bertz CT molecular complexity index is 429. The number of H-pyrrole nitrogens is 1. The van der Waals surface area contributed by atoms with Gasteiger partial charge >= 0.3 is 0 Å². The lowest BCUT2D eigenvalue weighted by Crippen LogP contribution is -2.65. The summed E-state index contributed by atoms with van der Waals surface area (Å²) in [6, 6.07) is 0. The van der Waals surface area contributed by atoms with Crippen LogP contribution in [-0.2, 0) is 0 Å². The summed E-state index contributed by atoms with van der Waals surface area (Å²) in [4.78, 5) is 23.5. The van der Waals surface area contributed by atoms with E-state index in [1.54, 1.807) is 6.33 Å². The van der Waals surface area contributed by atoms with Crippen LogP contribution >= 0.6 is 0 Å². The van der Waals surface area contributed by atoms with E-state index in [0.29, 0.717) is 5.69 Å². The number of rotatable bonds is 2. The number of fused-ring (bicyclic) bond motifs is 2. The molecule has 6 nitrogen and oxygen atoms in total. The van der Waals surface area contributed by atoms with E-state index in [4.69, 9.17) is 0 Å². The van der Waals surface area contributed by atoms with Crippen molar-refractivity contribution in [3.63, 3.8) is 0 Å². The van der Waals surface area contributed by atoms with Gasteiger partial charge in [0.15, 0.2) is 12.1 Å². The third-order valence-electron chi connectivity index (χ3n) is 3.32. The van der Waals surface area contributed by atoms with Crippen molar-refractivity contribution in [1.82, 2.24) is 20.2 Å². The number of anilines is 1. The molecule has 6 heteroatoms. The molecule has 0 saturated carbocycles. The van der Waals surface area contributed by atoms with Crippen LogP contribution in [0.2, 0.25) is 0 Å². The lowest BCUT2D eigenvalue weighted by molar-refractivity contribution is 0.0538. The molecule has 0 aliphatic carbocycles. The maximum atomic E-state index is 12.2. The first-order chi connectivity index (χ1) is 8.33. The minimum Gasteiger partial charge on any atom is -0.339 e. The monoisotopic (exact) mass is 235 g/mol. The highest BCUT2D eigenvalue weighted by Crippen LogP contribution is 2.28. The third-order valence-corrected chi connectivity index (χ3v) is 3.32. The number of carbonyl (C=O) groups is 1. The topological polar surface area (TPSA) is 64.3 Å². The van der Waals surface area contributed by atoms with Gasteiger partial charge in [0.1, 0.15) is 5.69 Å². The Hall–Kier alpha value is -1.56. The van der Waals surface area contributed by atoms with Crippen LogP contribution in [0.4, 0.5) is 5.82 Å². The Labute approximate surface area is 100.0 Å². The molecular weight excluding hydrogens is 218 g/mol. The second kappa shape index (κ2) is 4.03. The molecular formula is C11H17N5O. The molecule has 1 aromatic heterocycles. The van der Waals surface area contributed by atoms with Crippen molar-refractivity contribution in [1.29, 1.82) is 0 Å². The van der Waals surface area contributed by atoms with Crippen LogP contribution in [0.5, 0.6) is 0 Å². The summed E-state index contributed by atoms with van der Waals surface area (Å²) in [5.41, 5.74) is 0.624. The first kappa shape index (κ1) is 10.6. The molecule has 1 aromatic rings. The van der Waals surface area contributed by atoms with Crippen molar-refractivity contribution in [2.75, 3.05) is 24.5 Å². The van der Waals surface area contributed by atoms with Crippen LogP contribution in [0, 0.1) is 0 Å². The molecule has 2 aliphatic rings. The second-order valence-electron chi connectivity index (χ2n) is 4.47. The summed E-state index contributed by atoms with van der Waals surface area (Å²) in [7, 11) is 0. The minimum atomic E-state index is -0.0213. The fourth-order valence-electron chi connectivity index (χ4n) is 2.59. The van der Waals surface area contributed by atoms with Crippen molar-refractivity contribution in [3.05, 3.63) is 12.0 Å². The molecule has 3 rings (SSSR count). The van der Waals surface area contributed by atoms with Crippen LogP contribution in [0.1, 0.15) is 30.3 Å². The highest BCUT2D eigenvalue weighted by Gasteiger charge is 2.40. The molecule has 92 valence electrons. The Morgan fingerprint density at radius 2 is 2.47 bits per heavy atom. The van der Waals surface area contributed by atoms with Crippen molar-refractivity contribution in [3.8, 4) is 0 Å². The number of aromatic nitrogens is 2. The Morgan fingerprint density at radius 3 is 3.29 bits per heavy atom. The molecule has 2 N–H and O–H groups in total. The number of aromatic amines is 1. The number of hydrogen-bond acceptors (Lipinski definition) is 4. The molecule has 1 atom stereocenters. The number of carbonyl (C=O) groups excluding carboxylic acids is 1. The van der Waals surface area contributed by atoms with Crippen LogP contribution < -0.4 is 10.2 Å². The van der Waals surface area contributed by atoms with E-state index in [2.05, 4.69) is 27.1 Å². The molecule has 1 saturated heterocycles. The average Bonchev–Trinajstić information content (AvgIpc) is 2.84. The molecule has 1 unspecified atom stereocenters. The summed E-state index contributed by atoms with van der Waals surface area (Å²) in [5.74, 6) is 0.842. The number of nitrogens with zero attached hydrogens (tertiary/aromatic N) is 3. The van der Waals surface area contributed by atoms with E-state index < -0.39 is 0 Å². The normalized spacial score (nSPS) is 23.6. The summed E-state index contributed by atoms with van der Waals surface area (Å²) >= 11 is 0. The van der Waals surface area contributed by atoms with E-state index in [9.17, 15) is 4.79 Å². The lowest BCUT2D eigenvalue weighted by Gasteiger charge is -2.46. The summed E-state index contributed by atoms with van der Waals surface area (Å²) in [6.07, 6.45) is 3.62. The standard InChI is InChI=1S/C11H17N5O/c1-2-5-15-9-8(13-7-14-9)10(17)16-6-3-4-12-11(15)16/h7,11-12H,2-6H2,1H3,(H,13,14). The predicted octanol–water partition coefficient (Wildman–Crippen LogP) is 0.359. The van der Waals surface area contributed by atoms with Gasteiger partial charge in [0.2, 0.25) is 0 Å². The van der Waals surface area contributed by atoms with Gasteiger partial charge in [-0.15, -0.1) is 0 Å². The van der Waals surface area contributed by atoms with Gasteiger partial charge in [-0.3, -0.25) is 10.1 Å². The fourth-order valence-corrected chi connectivity index (χ4v) is 2.59. The number of nitrogens with one attached hydrogen (secondary N) is 2. The van der Waals surface area contributed by atoms with E-state index in [-0.39, 0.29) is 12.2 Å². The number of imidazole rings is 1. The zero-order chi connectivity index (χ0) is 11.8. The van der Waals surface area contributed by atoms with E-state index in [0.717, 1.165) is 38.3 Å². The maximum Gasteiger partial charge on any atom is 0.276 e. The Balaban J connectivity index is 2.01. The SMILES string of the molecule is CCCN1c2nc[nH]c2C(=O)N2CCCNC21. The van der Waals surface area contributed by atoms with Gasteiger partial charge in [0.25, 0.3) is 5.91 Å². The molecule has 0 aromatic carbocycles. The zero-order valence-corrected chi connectivity index (χ0v) is 9.94. The quantitative estimate of drug-likeness (QED) is 0.777.